The number of fused-ring (bicyclic) bond motifs is 5. The summed E-state index contributed by atoms with van der Waals surface area (Å²) in [5.74, 6) is 2.75. The highest BCUT2D eigenvalue weighted by Crippen LogP contribution is 2.67. The summed E-state index contributed by atoms with van der Waals surface area (Å²) in [6, 6.07) is 0. The third-order valence-corrected chi connectivity index (χ3v) is 9.40. The first-order chi connectivity index (χ1) is 11.3. The predicted molar refractivity (Wildman–Crippen MR) is 94.3 cm³/mol. The quantitative estimate of drug-likeness (QED) is 0.688. The van der Waals surface area contributed by atoms with E-state index in [-0.39, 0.29) is 29.6 Å². The lowest BCUT2D eigenvalue weighted by molar-refractivity contribution is -0.178. The van der Waals surface area contributed by atoms with Crippen LogP contribution in [0, 0.1) is 40.4 Å². The van der Waals surface area contributed by atoms with Crippen LogP contribution in [-0.4, -0.2) is 33.6 Å². The summed E-state index contributed by atoms with van der Waals surface area (Å²) in [6.45, 7) is 6.64. The highest BCUT2D eigenvalue weighted by molar-refractivity contribution is 5.12. The molecular weight excluding hydrogens is 300 g/mol. The third kappa shape index (κ3) is 2.20. The Balaban J connectivity index is 1.65. The van der Waals surface area contributed by atoms with E-state index >= 15 is 0 Å². The summed E-state index contributed by atoms with van der Waals surface area (Å²) in [7, 11) is 0. The second-order valence-electron chi connectivity index (χ2n) is 10.1. The van der Waals surface area contributed by atoms with Crippen LogP contribution in [0.5, 0.6) is 0 Å². The molecule has 0 radical (unpaired) electrons. The van der Waals surface area contributed by atoms with Crippen LogP contribution in [0.4, 0.5) is 0 Å². The van der Waals surface area contributed by atoms with Crippen LogP contribution < -0.4 is 0 Å². The molecular formula is C21H36O3. The normalized spacial score (nSPS) is 58.5. The van der Waals surface area contributed by atoms with Gasteiger partial charge in [-0.1, -0.05) is 13.8 Å². The smallest absolute Gasteiger partial charge is 0.0603 e. The van der Waals surface area contributed by atoms with Crippen LogP contribution in [0.1, 0.15) is 72.1 Å². The van der Waals surface area contributed by atoms with E-state index in [2.05, 4.69) is 13.8 Å². The molecule has 0 amide bonds. The Bertz CT molecular complexity index is 491. The fourth-order valence-corrected chi connectivity index (χ4v) is 8.02. The fraction of sp³-hybridized carbons (Fsp3) is 1.00. The van der Waals surface area contributed by atoms with E-state index in [4.69, 9.17) is 0 Å². The van der Waals surface area contributed by atoms with Crippen molar-refractivity contribution in [1.82, 2.24) is 0 Å². The lowest BCUT2D eigenvalue weighted by atomic mass is 9.44. The molecule has 0 bridgehead atoms. The summed E-state index contributed by atoms with van der Waals surface area (Å²) in [5, 5.41) is 31.6. The summed E-state index contributed by atoms with van der Waals surface area (Å²) >= 11 is 0. The van der Waals surface area contributed by atoms with Crippen LogP contribution in [0.2, 0.25) is 0 Å². The van der Waals surface area contributed by atoms with Gasteiger partial charge in [-0.3, -0.25) is 0 Å². The van der Waals surface area contributed by atoms with Gasteiger partial charge in [0.2, 0.25) is 0 Å². The highest BCUT2D eigenvalue weighted by Gasteiger charge is 2.63. The lowest BCUT2D eigenvalue weighted by Crippen LogP contribution is -2.59. The van der Waals surface area contributed by atoms with Crippen molar-refractivity contribution < 1.29 is 15.3 Å². The largest absolute Gasteiger partial charge is 0.393 e. The van der Waals surface area contributed by atoms with Gasteiger partial charge in [-0.05, 0) is 93.3 Å². The Labute approximate surface area is 146 Å². The van der Waals surface area contributed by atoms with Crippen molar-refractivity contribution in [2.75, 3.05) is 0 Å². The van der Waals surface area contributed by atoms with E-state index in [1.165, 1.54) is 19.3 Å². The van der Waals surface area contributed by atoms with Crippen molar-refractivity contribution in [3.63, 3.8) is 0 Å². The Morgan fingerprint density at radius 1 is 0.917 bits per heavy atom. The molecule has 0 aromatic rings. The highest BCUT2D eigenvalue weighted by atomic mass is 16.3. The number of rotatable bonds is 1. The Morgan fingerprint density at radius 3 is 2.38 bits per heavy atom. The van der Waals surface area contributed by atoms with Crippen LogP contribution in [-0.2, 0) is 0 Å². The molecule has 4 saturated carbocycles. The molecule has 0 heterocycles. The van der Waals surface area contributed by atoms with Gasteiger partial charge in [0.1, 0.15) is 0 Å². The molecule has 4 aliphatic carbocycles. The van der Waals surface area contributed by atoms with Gasteiger partial charge in [0.15, 0.2) is 0 Å². The third-order valence-electron chi connectivity index (χ3n) is 9.40. The molecule has 0 saturated heterocycles. The van der Waals surface area contributed by atoms with Gasteiger partial charge >= 0.3 is 0 Å². The SMILES string of the molecule is CC(O)[C@H]1CC[C@H]2[C@@H]3CC[C@@H]4C[C@@H](O)CC[C@]4(C)[C@H]3C[C@@H](O)[C@]12C. The molecule has 3 N–H and O–H groups in total. The number of aliphatic hydroxyl groups is 3. The minimum atomic E-state index is -0.317. The second kappa shape index (κ2) is 5.69. The first-order valence-corrected chi connectivity index (χ1v) is 10.3. The number of hydrogen-bond donors (Lipinski definition) is 3. The average Bonchev–Trinajstić information content (AvgIpc) is 2.88. The molecule has 24 heavy (non-hydrogen) atoms. The lowest BCUT2D eigenvalue weighted by Gasteiger charge is -2.62. The monoisotopic (exact) mass is 336 g/mol. The van der Waals surface area contributed by atoms with Crippen molar-refractivity contribution in [3.8, 4) is 0 Å². The first-order valence-electron chi connectivity index (χ1n) is 10.3. The van der Waals surface area contributed by atoms with Gasteiger partial charge in [0.05, 0.1) is 18.3 Å². The van der Waals surface area contributed by atoms with E-state index in [1.807, 2.05) is 6.92 Å². The second-order valence-corrected chi connectivity index (χ2v) is 10.1. The zero-order valence-corrected chi connectivity index (χ0v) is 15.6. The van der Waals surface area contributed by atoms with Crippen molar-refractivity contribution in [2.24, 2.45) is 40.4 Å². The van der Waals surface area contributed by atoms with Gasteiger partial charge < -0.3 is 15.3 Å². The van der Waals surface area contributed by atoms with Crippen molar-refractivity contribution in [3.05, 3.63) is 0 Å². The molecule has 1 unspecified atom stereocenters. The first kappa shape index (κ1) is 17.3. The number of hydrogen-bond acceptors (Lipinski definition) is 3. The molecule has 4 aliphatic rings. The average molecular weight is 337 g/mol. The van der Waals surface area contributed by atoms with Crippen LogP contribution in [0.25, 0.3) is 0 Å². The van der Waals surface area contributed by atoms with E-state index in [1.54, 1.807) is 0 Å². The van der Waals surface area contributed by atoms with Crippen molar-refractivity contribution in [1.29, 1.82) is 0 Å². The fourth-order valence-electron chi connectivity index (χ4n) is 8.02. The van der Waals surface area contributed by atoms with E-state index in [0.29, 0.717) is 29.1 Å². The van der Waals surface area contributed by atoms with Crippen LogP contribution in [0.15, 0.2) is 0 Å². The van der Waals surface area contributed by atoms with E-state index in [0.717, 1.165) is 32.1 Å². The minimum Gasteiger partial charge on any atom is -0.393 e. The summed E-state index contributed by atoms with van der Waals surface area (Å²) in [6.07, 6.45) is 7.97. The molecule has 4 rings (SSSR count). The Morgan fingerprint density at radius 2 is 1.67 bits per heavy atom. The van der Waals surface area contributed by atoms with Crippen LogP contribution >= 0.6 is 0 Å². The maximum absolute atomic E-state index is 11.2. The van der Waals surface area contributed by atoms with E-state index in [9.17, 15) is 15.3 Å². The van der Waals surface area contributed by atoms with Gasteiger partial charge in [0, 0.05) is 5.41 Å². The summed E-state index contributed by atoms with van der Waals surface area (Å²) in [4.78, 5) is 0. The molecule has 10 atom stereocenters. The molecule has 0 aromatic carbocycles. The predicted octanol–water partition coefficient (Wildman–Crippen LogP) is 3.36. The minimum absolute atomic E-state index is 0.104. The molecule has 3 nitrogen and oxygen atoms in total. The molecule has 3 heteroatoms. The maximum atomic E-state index is 11.2. The molecule has 0 aliphatic heterocycles. The molecule has 0 aromatic heterocycles. The van der Waals surface area contributed by atoms with Crippen molar-refractivity contribution >= 4 is 0 Å². The Hall–Kier alpha value is -0.120. The van der Waals surface area contributed by atoms with Crippen molar-refractivity contribution in [2.45, 2.75) is 90.4 Å². The summed E-state index contributed by atoms with van der Waals surface area (Å²) < 4.78 is 0. The molecule has 0 spiro atoms. The zero-order valence-electron chi connectivity index (χ0n) is 15.6. The van der Waals surface area contributed by atoms with Gasteiger partial charge in [0.25, 0.3) is 0 Å². The Kier molecular flexibility index (Phi) is 4.10. The van der Waals surface area contributed by atoms with Gasteiger partial charge in [-0.25, -0.2) is 0 Å². The molecule has 4 fully saturated rings. The number of aliphatic hydroxyl groups excluding tert-OH is 3. The topological polar surface area (TPSA) is 60.7 Å². The summed E-state index contributed by atoms with van der Waals surface area (Å²) in [5.41, 5.74) is 0.195. The molecule has 138 valence electrons. The van der Waals surface area contributed by atoms with Gasteiger partial charge in [-0.2, -0.15) is 0 Å². The van der Waals surface area contributed by atoms with Gasteiger partial charge in [-0.15, -0.1) is 0 Å². The maximum Gasteiger partial charge on any atom is 0.0603 e. The van der Waals surface area contributed by atoms with Crippen LogP contribution in [0.3, 0.4) is 0 Å². The standard InChI is InChI=1S/C21H36O3/c1-12(22)16-6-7-17-15-5-4-13-10-14(23)8-9-20(13,2)18(15)11-19(24)21(16,17)3/h12-19,22-24H,4-11H2,1-3H3/t12?,13-,14+,15+,16-,17+,18+,19-,20+,21-/m1/s1. The zero-order chi connectivity index (χ0) is 17.3. The van der Waals surface area contributed by atoms with E-state index < -0.39 is 0 Å².